The number of nitrogens with zero attached hydrogens (tertiary/aromatic N) is 1. The molecule has 0 aromatic rings. The second kappa shape index (κ2) is 5.96. The molecule has 0 fully saturated rings. The van der Waals surface area contributed by atoms with E-state index in [0.29, 0.717) is 11.1 Å². The van der Waals surface area contributed by atoms with Crippen LogP contribution in [0, 0.1) is 0 Å². The van der Waals surface area contributed by atoms with Crippen LogP contribution in [0.2, 0.25) is 0 Å². The van der Waals surface area contributed by atoms with Gasteiger partial charge in [0.1, 0.15) is 0 Å². The lowest BCUT2D eigenvalue weighted by molar-refractivity contribution is -0.141. The van der Waals surface area contributed by atoms with Crippen LogP contribution in [0.1, 0.15) is 20.3 Å². The summed E-state index contributed by atoms with van der Waals surface area (Å²) in [5.74, 6) is -0.508. The van der Waals surface area contributed by atoms with Gasteiger partial charge in [-0.15, -0.1) is 0 Å². The van der Waals surface area contributed by atoms with Gasteiger partial charge in [0.25, 0.3) is 5.91 Å². The summed E-state index contributed by atoms with van der Waals surface area (Å²) in [6.45, 7) is 11.1. The second-order valence-corrected chi connectivity index (χ2v) is 2.78. The maximum Gasteiger partial charge on any atom is 0.260 e. The SMILES string of the molecule is C=CC1=C(C=C)C(=O)N(C)C(=O)C1.CC. The Labute approximate surface area is 90.8 Å². The van der Waals surface area contributed by atoms with Crippen molar-refractivity contribution in [1.29, 1.82) is 0 Å². The standard InChI is InChI=1S/C10H11NO2.C2H6/c1-4-7-6-9(12)11(3)10(13)8(7)5-2;1-2/h4-5H,1-2,6H2,3H3;1-2H3. The molecule has 0 atom stereocenters. The number of carbonyl (C=O) groups excluding carboxylic acids is 2. The normalized spacial score (nSPS) is 15.8. The molecule has 0 aromatic carbocycles. The number of rotatable bonds is 2. The van der Waals surface area contributed by atoms with Crippen molar-refractivity contribution in [3.05, 3.63) is 36.5 Å². The zero-order chi connectivity index (χ0) is 12.0. The van der Waals surface area contributed by atoms with Gasteiger partial charge in [0.05, 0.1) is 6.42 Å². The van der Waals surface area contributed by atoms with Gasteiger partial charge in [0.15, 0.2) is 0 Å². The van der Waals surface area contributed by atoms with E-state index in [1.807, 2.05) is 13.8 Å². The van der Waals surface area contributed by atoms with Crippen molar-refractivity contribution in [3.8, 4) is 0 Å². The number of allylic oxidation sites excluding steroid dienone is 1. The van der Waals surface area contributed by atoms with E-state index in [9.17, 15) is 9.59 Å². The minimum Gasteiger partial charge on any atom is -0.281 e. The van der Waals surface area contributed by atoms with Crippen LogP contribution in [-0.2, 0) is 9.59 Å². The third-order valence-corrected chi connectivity index (χ3v) is 2.05. The first-order chi connectivity index (χ1) is 7.11. The number of hydrogen-bond acceptors (Lipinski definition) is 2. The molecule has 1 heterocycles. The molecule has 2 amide bonds. The minimum absolute atomic E-state index is 0.203. The van der Waals surface area contributed by atoms with E-state index >= 15 is 0 Å². The van der Waals surface area contributed by atoms with Crippen molar-refractivity contribution in [2.45, 2.75) is 20.3 Å². The van der Waals surface area contributed by atoms with Gasteiger partial charge in [-0.25, -0.2) is 0 Å². The van der Waals surface area contributed by atoms with Crippen LogP contribution >= 0.6 is 0 Å². The summed E-state index contributed by atoms with van der Waals surface area (Å²) in [4.78, 5) is 23.8. The summed E-state index contributed by atoms with van der Waals surface area (Å²) >= 11 is 0. The monoisotopic (exact) mass is 207 g/mol. The fraction of sp³-hybridized carbons (Fsp3) is 0.333. The van der Waals surface area contributed by atoms with Crippen LogP contribution in [-0.4, -0.2) is 23.8 Å². The van der Waals surface area contributed by atoms with Crippen molar-refractivity contribution in [2.24, 2.45) is 0 Å². The van der Waals surface area contributed by atoms with Crippen LogP contribution in [0.25, 0.3) is 0 Å². The minimum atomic E-state index is -0.304. The Balaban J connectivity index is 0.000000921. The second-order valence-electron chi connectivity index (χ2n) is 2.78. The summed E-state index contributed by atoms with van der Waals surface area (Å²) in [5, 5.41) is 0. The smallest absolute Gasteiger partial charge is 0.260 e. The Hall–Kier alpha value is -1.64. The average Bonchev–Trinajstić information content (AvgIpc) is 2.28. The third kappa shape index (κ3) is 2.65. The van der Waals surface area contributed by atoms with Gasteiger partial charge in [-0.1, -0.05) is 39.2 Å². The van der Waals surface area contributed by atoms with E-state index in [2.05, 4.69) is 13.2 Å². The van der Waals surface area contributed by atoms with Gasteiger partial charge in [-0.05, 0) is 5.57 Å². The van der Waals surface area contributed by atoms with E-state index in [4.69, 9.17) is 0 Å². The Morgan fingerprint density at radius 2 is 1.73 bits per heavy atom. The molecule has 0 aromatic heterocycles. The predicted molar refractivity (Wildman–Crippen MR) is 61.2 cm³/mol. The first-order valence-electron chi connectivity index (χ1n) is 4.90. The molecule has 0 spiro atoms. The average molecular weight is 207 g/mol. The van der Waals surface area contributed by atoms with Gasteiger partial charge in [0.2, 0.25) is 5.91 Å². The fourth-order valence-corrected chi connectivity index (χ4v) is 1.21. The molecule has 0 unspecified atom stereocenters. The summed E-state index contributed by atoms with van der Waals surface area (Å²) < 4.78 is 0. The zero-order valence-electron chi connectivity index (χ0n) is 9.54. The zero-order valence-corrected chi connectivity index (χ0v) is 9.54. The molecular weight excluding hydrogens is 190 g/mol. The van der Waals surface area contributed by atoms with Crippen LogP contribution in [0.3, 0.4) is 0 Å². The first kappa shape index (κ1) is 13.4. The molecule has 3 nitrogen and oxygen atoms in total. The van der Waals surface area contributed by atoms with Gasteiger partial charge >= 0.3 is 0 Å². The van der Waals surface area contributed by atoms with E-state index < -0.39 is 0 Å². The molecule has 15 heavy (non-hydrogen) atoms. The highest BCUT2D eigenvalue weighted by atomic mass is 16.2. The number of hydrogen-bond donors (Lipinski definition) is 0. The van der Waals surface area contributed by atoms with E-state index in [0.717, 1.165) is 4.90 Å². The van der Waals surface area contributed by atoms with Gasteiger partial charge in [-0.3, -0.25) is 14.5 Å². The van der Waals surface area contributed by atoms with Crippen LogP contribution in [0.15, 0.2) is 36.5 Å². The lowest BCUT2D eigenvalue weighted by Gasteiger charge is -2.22. The lowest BCUT2D eigenvalue weighted by Crippen LogP contribution is -2.37. The van der Waals surface area contributed by atoms with Gasteiger partial charge in [0, 0.05) is 12.6 Å². The fourth-order valence-electron chi connectivity index (χ4n) is 1.21. The summed E-state index contributed by atoms with van der Waals surface area (Å²) in [5.41, 5.74) is 1.13. The Kier molecular flexibility index (Phi) is 5.31. The van der Waals surface area contributed by atoms with Crippen molar-refractivity contribution in [1.82, 2.24) is 4.90 Å². The molecule has 1 aliphatic rings. The molecule has 0 aliphatic carbocycles. The Morgan fingerprint density at radius 1 is 1.20 bits per heavy atom. The molecule has 3 heteroatoms. The highest BCUT2D eigenvalue weighted by Gasteiger charge is 2.27. The maximum absolute atomic E-state index is 11.5. The van der Waals surface area contributed by atoms with Crippen molar-refractivity contribution in [2.75, 3.05) is 7.05 Å². The third-order valence-electron chi connectivity index (χ3n) is 2.05. The first-order valence-corrected chi connectivity index (χ1v) is 4.90. The highest BCUT2D eigenvalue weighted by molar-refractivity contribution is 6.10. The number of carbonyl (C=O) groups is 2. The van der Waals surface area contributed by atoms with Crippen LogP contribution in [0.4, 0.5) is 0 Å². The number of imide groups is 1. The molecule has 1 rings (SSSR count). The van der Waals surface area contributed by atoms with E-state index in [1.54, 1.807) is 0 Å². The van der Waals surface area contributed by atoms with Crippen LogP contribution < -0.4 is 0 Å². The highest BCUT2D eigenvalue weighted by Crippen LogP contribution is 2.20. The van der Waals surface area contributed by atoms with Gasteiger partial charge < -0.3 is 0 Å². The number of likely N-dealkylation sites (N-methyl/N-ethyl adjacent to an activating group) is 1. The molecule has 0 N–H and O–H groups in total. The van der Waals surface area contributed by atoms with E-state index in [-0.39, 0.29) is 18.2 Å². The van der Waals surface area contributed by atoms with Crippen molar-refractivity contribution < 1.29 is 9.59 Å². The topological polar surface area (TPSA) is 37.4 Å². The molecular formula is C12H17NO2. The van der Waals surface area contributed by atoms with E-state index in [1.165, 1.54) is 19.2 Å². The molecule has 82 valence electrons. The quantitative estimate of drug-likeness (QED) is 0.650. The molecule has 0 saturated carbocycles. The summed E-state index contributed by atoms with van der Waals surface area (Å²) in [6.07, 6.45) is 3.22. The Morgan fingerprint density at radius 3 is 2.13 bits per heavy atom. The lowest BCUT2D eigenvalue weighted by atomic mass is 9.99. The number of amides is 2. The van der Waals surface area contributed by atoms with Crippen molar-refractivity contribution in [3.63, 3.8) is 0 Å². The molecule has 0 bridgehead atoms. The van der Waals surface area contributed by atoms with Crippen LogP contribution in [0.5, 0.6) is 0 Å². The van der Waals surface area contributed by atoms with Gasteiger partial charge in [-0.2, -0.15) is 0 Å². The molecule has 1 aliphatic heterocycles. The summed E-state index contributed by atoms with van der Waals surface area (Å²) in [6, 6.07) is 0. The predicted octanol–water partition coefficient (Wildman–Crippen LogP) is 2.07. The summed E-state index contributed by atoms with van der Waals surface area (Å²) in [7, 11) is 1.47. The molecule has 0 saturated heterocycles. The van der Waals surface area contributed by atoms with Crippen molar-refractivity contribution >= 4 is 11.8 Å². The Bertz CT molecular complexity index is 327. The molecule has 0 radical (unpaired) electrons. The largest absolute Gasteiger partial charge is 0.281 e. The maximum atomic E-state index is 11.5.